The minimum absolute atomic E-state index is 0.107. The molecular weight excluding hydrogens is 567 g/mol. The van der Waals surface area contributed by atoms with E-state index in [1.807, 2.05) is 0 Å². The summed E-state index contributed by atoms with van der Waals surface area (Å²) in [5.74, 6) is -0.685. The van der Waals surface area contributed by atoms with Crippen LogP contribution in [0.25, 0.3) is 21.7 Å². The Hall–Kier alpha value is -4.47. The monoisotopic (exact) mass is 593 g/mol. The zero-order chi connectivity index (χ0) is 30.4. The van der Waals surface area contributed by atoms with Crippen LogP contribution in [-0.4, -0.2) is 36.2 Å². The fourth-order valence-corrected chi connectivity index (χ4v) is 6.53. The Labute approximate surface area is 241 Å². The van der Waals surface area contributed by atoms with Crippen LogP contribution >= 0.6 is 0 Å². The van der Waals surface area contributed by atoms with Crippen LogP contribution in [0.4, 0.5) is 24.5 Å². The number of benzene rings is 3. The third kappa shape index (κ3) is 5.66. The Morgan fingerprint density at radius 1 is 1.00 bits per heavy atom. The van der Waals surface area contributed by atoms with Crippen molar-refractivity contribution in [1.29, 1.82) is 0 Å². The molecule has 216 valence electrons. The lowest BCUT2D eigenvalue weighted by Gasteiger charge is -2.22. The molecule has 1 amide bonds. The average Bonchev–Trinajstić information content (AvgIpc) is 3.56. The number of carbonyl (C=O) groups excluding carboxylic acids is 1. The van der Waals surface area contributed by atoms with Crippen molar-refractivity contribution < 1.29 is 26.4 Å². The van der Waals surface area contributed by atoms with Crippen molar-refractivity contribution in [3.63, 3.8) is 0 Å². The number of anilines is 1. The summed E-state index contributed by atoms with van der Waals surface area (Å²) in [4.78, 5) is 18.5. The first-order chi connectivity index (χ1) is 19.7. The minimum Gasteiger partial charge on any atom is -0.306 e. The molecule has 1 aromatic heterocycles. The zero-order valence-electron chi connectivity index (χ0n) is 22.9. The number of nitrogens with zero attached hydrogens (tertiary/aromatic N) is 4. The van der Waals surface area contributed by atoms with E-state index in [0.717, 1.165) is 10.2 Å². The van der Waals surface area contributed by atoms with Crippen molar-refractivity contribution in [2.24, 2.45) is 0 Å². The van der Waals surface area contributed by atoms with Crippen LogP contribution in [0.2, 0.25) is 0 Å². The summed E-state index contributed by atoms with van der Waals surface area (Å²) in [6.45, 7) is 12.7. The van der Waals surface area contributed by atoms with Gasteiger partial charge < -0.3 is 4.90 Å². The van der Waals surface area contributed by atoms with Gasteiger partial charge in [-0.05, 0) is 68.7 Å². The second kappa shape index (κ2) is 10.4. The molecule has 0 bridgehead atoms. The molecule has 0 aliphatic carbocycles. The molecule has 0 fully saturated rings. The molecule has 1 aliphatic rings. The molecule has 42 heavy (non-hydrogen) atoms. The van der Waals surface area contributed by atoms with E-state index in [9.17, 15) is 26.4 Å². The molecule has 0 saturated heterocycles. The van der Waals surface area contributed by atoms with Crippen LogP contribution in [0.5, 0.6) is 0 Å². The molecule has 3 aromatic carbocycles. The van der Waals surface area contributed by atoms with Crippen molar-refractivity contribution in [3.05, 3.63) is 101 Å². The summed E-state index contributed by atoms with van der Waals surface area (Å²) in [6, 6.07) is 18.3. The number of hydrogen-bond donors (Lipinski definition) is 1. The van der Waals surface area contributed by atoms with E-state index in [0.29, 0.717) is 29.3 Å². The third-order valence-corrected chi connectivity index (χ3v) is 8.39. The van der Waals surface area contributed by atoms with Gasteiger partial charge in [-0.2, -0.15) is 18.3 Å². The van der Waals surface area contributed by atoms with Crippen molar-refractivity contribution in [1.82, 2.24) is 14.5 Å². The van der Waals surface area contributed by atoms with Crippen LogP contribution in [-0.2, 0) is 22.6 Å². The average molecular weight is 594 g/mol. The van der Waals surface area contributed by atoms with Crippen molar-refractivity contribution in [3.8, 4) is 16.8 Å². The van der Waals surface area contributed by atoms with E-state index in [1.54, 1.807) is 57.2 Å². The van der Waals surface area contributed by atoms with Crippen LogP contribution in [0.15, 0.2) is 77.7 Å². The Kier molecular flexibility index (Phi) is 7.20. The van der Waals surface area contributed by atoms with Crippen LogP contribution in [0.3, 0.4) is 0 Å². The van der Waals surface area contributed by atoms with Gasteiger partial charge in [-0.15, -0.1) is 0 Å². The molecular formula is C30H26F3N5O3S. The Morgan fingerprint density at radius 2 is 1.74 bits per heavy atom. The first-order valence-corrected chi connectivity index (χ1v) is 14.4. The Bertz CT molecular complexity index is 1850. The summed E-state index contributed by atoms with van der Waals surface area (Å²) in [7, 11) is -3.85. The highest BCUT2D eigenvalue weighted by atomic mass is 32.2. The summed E-state index contributed by atoms with van der Waals surface area (Å²) in [6.07, 6.45) is -4.37. The van der Waals surface area contributed by atoms with Gasteiger partial charge in [0.2, 0.25) is 10.0 Å². The number of halogens is 3. The first kappa shape index (κ1) is 29.0. The molecule has 0 spiro atoms. The van der Waals surface area contributed by atoms with Gasteiger partial charge in [0.1, 0.15) is 5.69 Å². The van der Waals surface area contributed by atoms with Crippen LogP contribution in [0, 0.1) is 6.57 Å². The number of sulfonamides is 1. The lowest BCUT2D eigenvalue weighted by Crippen LogP contribution is -2.40. The molecule has 2 heterocycles. The highest BCUT2D eigenvalue weighted by Crippen LogP contribution is 2.37. The third-order valence-electron chi connectivity index (χ3n) is 6.57. The molecule has 1 aliphatic heterocycles. The molecule has 0 atom stereocenters. The Balaban J connectivity index is 1.53. The van der Waals surface area contributed by atoms with Gasteiger partial charge in [-0.1, -0.05) is 36.4 Å². The van der Waals surface area contributed by atoms with E-state index in [1.165, 1.54) is 35.2 Å². The minimum atomic E-state index is -4.79. The summed E-state index contributed by atoms with van der Waals surface area (Å²) < 4.78 is 70.8. The lowest BCUT2D eigenvalue weighted by molar-refractivity contribution is -0.141. The number of nitrogens with one attached hydrogen (secondary N) is 1. The van der Waals surface area contributed by atoms with Gasteiger partial charge in [0, 0.05) is 29.4 Å². The number of aromatic nitrogens is 2. The maximum absolute atomic E-state index is 13.7. The molecule has 0 unspecified atom stereocenters. The Morgan fingerprint density at radius 3 is 2.43 bits per heavy atom. The predicted octanol–water partition coefficient (Wildman–Crippen LogP) is 6.39. The van der Waals surface area contributed by atoms with Gasteiger partial charge in [0.05, 0.1) is 17.2 Å². The standard InChI is InChI=1S/C30H26F3N5O3S/c1-29(2,3)36-42(40,41)26-11-6-5-10-23(26)19-12-13-24-20(16-19)14-15-37(24)28(39)25-18-27(30(31,32)33)35-38(25)22-9-7-8-21(17-22)34-4/h5-13,16-18,36H,14-15H2,1-3H3. The van der Waals surface area contributed by atoms with Crippen molar-refractivity contribution in [2.45, 2.75) is 43.8 Å². The van der Waals surface area contributed by atoms with Gasteiger partial charge in [-0.3, -0.25) is 4.79 Å². The maximum atomic E-state index is 13.7. The molecule has 1 N–H and O–H groups in total. The molecule has 8 nitrogen and oxygen atoms in total. The van der Waals surface area contributed by atoms with Crippen molar-refractivity contribution in [2.75, 3.05) is 11.4 Å². The molecule has 0 saturated carbocycles. The van der Waals surface area contributed by atoms with E-state index in [2.05, 4.69) is 14.7 Å². The first-order valence-electron chi connectivity index (χ1n) is 12.9. The second-order valence-corrected chi connectivity index (χ2v) is 12.5. The fraction of sp³-hybridized carbons (Fsp3) is 0.233. The SMILES string of the molecule is [C-]#[N+]c1cccc(-n2nc(C(F)(F)F)cc2C(=O)N2CCc3cc(-c4ccccc4S(=O)(=O)NC(C)(C)C)ccc32)c1. The number of amides is 1. The lowest BCUT2D eigenvalue weighted by atomic mass is 10.0. The largest absolute Gasteiger partial charge is 0.435 e. The number of fused-ring (bicyclic) bond motifs is 1. The molecule has 12 heteroatoms. The second-order valence-electron chi connectivity index (χ2n) is 10.9. The fourth-order valence-electron chi connectivity index (χ4n) is 4.88. The highest BCUT2D eigenvalue weighted by Gasteiger charge is 2.38. The van der Waals surface area contributed by atoms with Gasteiger partial charge in [0.25, 0.3) is 5.91 Å². The summed E-state index contributed by atoms with van der Waals surface area (Å²) in [5, 5.41) is 3.67. The maximum Gasteiger partial charge on any atom is 0.435 e. The number of alkyl halides is 3. The highest BCUT2D eigenvalue weighted by molar-refractivity contribution is 7.89. The van der Waals surface area contributed by atoms with Crippen LogP contribution in [0.1, 0.15) is 42.5 Å². The van der Waals surface area contributed by atoms with Crippen molar-refractivity contribution >= 4 is 27.3 Å². The van der Waals surface area contributed by atoms with Gasteiger partial charge in [-0.25, -0.2) is 22.7 Å². The number of hydrogen-bond acceptors (Lipinski definition) is 4. The predicted molar refractivity (Wildman–Crippen MR) is 152 cm³/mol. The number of carbonyl (C=O) groups is 1. The summed E-state index contributed by atoms with van der Waals surface area (Å²) in [5.41, 5.74) is 0.477. The van der Waals surface area contributed by atoms with Gasteiger partial charge in [0.15, 0.2) is 11.4 Å². The molecule has 0 radical (unpaired) electrons. The zero-order valence-corrected chi connectivity index (χ0v) is 23.7. The smallest absolute Gasteiger partial charge is 0.306 e. The molecule has 5 rings (SSSR count). The van der Waals surface area contributed by atoms with E-state index < -0.39 is 33.3 Å². The quantitative estimate of drug-likeness (QED) is 0.272. The topological polar surface area (TPSA) is 88.7 Å². The van der Waals surface area contributed by atoms with E-state index >= 15 is 0 Å². The summed E-state index contributed by atoms with van der Waals surface area (Å²) >= 11 is 0. The van der Waals surface area contributed by atoms with Gasteiger partial charge >= 0.3 is 6.18 Å². The van der Waals surface area contributed by atoms with E-state index in [4.69, 9.17) is 6.57 Å². The van der Waals surface area contributed by atoms with Crippen LogP contribution < -0.4 is 9.62 Å². The normalized spacial score (nSPS) is 13.6. The number of rotatable bonds is 5. The molecule has 4 aromatic rings. The van der Waals surface area contributed by atoms with E-state index in [-0.39, 0.29) is 28.5 Å².